The number of aromatic nitrogens is 2. The van der Waals surface area contributed by atoms with Crippen LogP contribution >= 0.6 is 23.1 Å². The lowest BCUT2D eigenvalue weighted by Gasteiger charge is -2.13. The monoisotopic (exact) mass is 265 g/mol. The second kappa shape index (κ2) is 4.14. The zero-order valence-corrected chi connectivity index (χ0v) is 11.6. The molecule has 2 heterocycles. The molecular weight excluding hydrogens is 250 g/mol. The summed E-state index contributed by atoms with van der Waals surface area (Å²) in [6.07, 6.45) is 6.48. The van der Waals surface area contributed by atoms with Crippen molar-refractivity contribution in [2.75, 3.05) is 18.1 Å². The first-order valence-corrected chi connectivity index (χ1v) is 7.77. The lowest BCUT2D eigenvalue weighted by molar-refractivity contribution is 0.941. The van der Waals surface area contributed by atoms with Crippen LogP contribution in [0.25, 0.3) is 10.2 Å². The second-order valence-corrected chi connectivity index (χ2v) is 7.05. The summed E-state index contributed by atoms with van der Waals surface area (Å²) in [6.45, 7) is 3.12. The summed E-state index contributed by atoms with van der Waals surface area (Å²) in [5, 5.41) is 4.65. The number of hydrogen-bond acceptors (Lipinski definition) is 5. The van der Waals surface area contributed by atoms with Gasteiger partial charge in [-0.1, -0.05) is 0 Å². The summed E-state index contributed by atoms with van der Waals surface area (Å²) >= 11 is 3.69. The molecule has 3 rings (SSSR count). The predicted octanol–water partition coefficient (Wildman–Crippen LogP) is 3.31. The third-order valence-corrected chi connectivity index (χ3v) is 5.65. The molecule has 0 radical (unpaired) electrons. The maximum atomic E-state index is 4.36. The van der Waals surface area contributed by atoms with E-state index in [-0.39, 0.29) is 0 Å². The minimum atomic E-state index is 0.461. The number of thioether (sulfide) groups is 1. The van der Waals surface area contributed by atoms with Gasteiger partial charge in [-0.2, -0.15) is 11.8 Å². The fourth-order valence-electron chi connectivity index (χ4n) is 1.95. The van der Waals surface area contributed by atoms with Crippen molar-refractivity contribution < 1.29 is 0 Å². The lowest BCUT2D eigenvalue weighted by atomic mass is 10.3. The van der Waals surface area contributed by atoms with E-state index < -0.39 is 0 Å². The molecule has 0 saturated heterocycles. The van der Waals surface area contributed by atoms with E-state index in [9.17, 15) is 0 Å². The summed E-state index contributed by atoms with van der Waals surface area (Å²) in [6, 6.07) is 2.17. The fourth-order valence-corrected chi connectivity index (χ4v) is 3.53. The van der Waals surface area contributed by atoms with Crippen molar-refractivity contribution in [3.05, 3.63) is 17.3 Å². The Hall–Kier alpha value is -0.810. The van der Waals surface area contributed by atoms with Crippen LogP contribution in [-0.4, -0.2) is 27.5 Å². The first-order chi connectivity index (χ1) is 8.22. The molecule has 2 aromatic heterocycles. The van der Waals surface area contributed by atoms with Crippen molar-refractivity contribution in [2.24, 2.45) is 0 Å². The van der Waals surface area contributed by atoms with E-state index >= 15 is 0 Å². The highest BCUT2D eigenvalue weighted by atomic mass is 32.2. The summed E-state index contributed by atoms with van der Waals surface area (Å²) in [4.78, 5) is 11.0. The number of anilines is 1. The number of nitrogens with one attached hydrogen (secondary N) is 1. The van der Waals surface area contributed by atoms with Crippen LogP contribution in [0.2, 0.25) is 0 Å². The van der Waals surface area contributed by atoms with Crippen LogP contribution in [0.15, 0.2) is 12.4 Å². The quantitative estimate of drug-likeness (QED) is 0.920. The molecule has 1 fully saturated rings. The predicted molar refractivity (Wildman–Crippen MR) is 76.1 cm³/mol. The summed E-state index contributed by atoms with van der Waals surface area (Å²) in [5.41, 5.74) is 0. The maximum Gasteiger partial charge on any atom is 0.138 e. The van der Waals surface area contributed by atoms with Crippen LogP contribution in [0, 0.1) is 6.92 Å². The summed E-state index contributed by atoms with van der Waals surface area (Å²) < 4.78 is 0.461. The molecule has 1 N–H and O–H groups in total. The van der Waals surface area contributed by atoms with E-state index in [2.05, 4.69) is 34.5 Å². The molecule has 0 aliphatic heterocycles. The lowest BCUT2D eigenvalue weighted by Crippen LogP contribution is -2.18. The van der Waals surface area contributed by atoms with Crippen LogP contribution in [0.3, 0.4) is 0 Å². The van der Waals surface area contributed by atoms with Crippen molar-refractivity contribution in [3.63, 3.8) is 0 Å². The molecule has 2 aromatic rings. The van der Waals surface area contributed by atoms with Gasteiger partial charge in [0.1, 0.15) is 17.0 Å². The van der Waals surface area contributed by atoms with Gasteiger partial charge < -0.3 is 5.32 Å². The smallest absolute Gasteiger partial charge is 0.138 e. The average molecular weight is 265 g/mol. The van der Waals surface area contributed by atoms with E-state index in [1.807, 2.05) is 11.8 Å². The highest BCUT2D eigenvalue weighted by Gasteiger charge is 2.41. The van der Waals surface area contributed by atoms with E-state index in [0.717, 1.165) is 22.6 Å². The Morgan fingerprint density at radius 1 is 1.47 bits per heavy atom. The largest absolute Gasteiger partial charge is 0.368 e. The van der Waals surface area contributed by atoms with Gasteiger partial charge in [0.05, 0.1) is 5.39 Å². The van der Waals surface area contributed by atoms with Crippen LogP contribution in [0.5, 0.6) is 0 Å². The second-order valence-electron chi connectivity index (χ2n) is 4.54. The Morgan fingerprint density at radius 2 is 2.29 bits per heavy atom. The number of aryl methyl sites for hydroxylation is 1. The highest BCUT2D eigenvalue weighted by Crippen LogP contribution is 2.47. The van der Waals surface area contributed by atoms with Crippen LogP contribution in [0.1, 0.15) is 17.7 Å². The molecule has 1 aliphatic carbocycles. The van der Waals surface area contributed by atoms with E-state index in [4.69, 9.17) is 0 Å². The first kappa shape index (κ1) is 11.3. The SMILES string of the molecule is CSC1(CNc2ncnc3sc(C)cc23)CC1. The average Bonchev–Trinajstić information content (AvgIpc) is 3.01. The molecule has 0 aromatic carbocycles. The minimum absolute atomic E-state index is 0.461. The number of hydrogen-bond donors (Lipinski definition) is 1. The normalized spacial score (nSPS) is 17.3. The molecule has 90 valence electrons. The van der Waals surface area contributed by atoms with Gasteiger partial charge >= 0.3 is 0 Å². The van der Waals surface area contributed by atoms with E-state index in [0.29, 0.717) is 4.75 Å². The standard InChI is InChI=1S/C12H15N3S2/c1-8-5-9-10(14-7-15-11(9)17-8)13-6-12(16-2)3-4-12/h5,7H,3-4,6H2,1-2H3,(H,13,14,15). The van der Waals surface area contributed by atoms with Crippen molar-refractivity contribution >= 4 is 39.1 Å². The van der Waals surface area contributed by atoms with Gasteiger partial charge in [-0.25, -0.2) is 9.97 Å². The molecular formula is C12H15N3S2. The molecule has 1 aliphatic rings. The Labute approximate surface area is 109 Å². The van der Waals surface area contributed by atoms with Crippen molar-refractivity contribution in [1.29, 1.82) is 0 Å². The van der Waals surface area contributed by atoms with Crippen molar-refractivity contribution in [3.8, 4) is 0 Å². The minimum Gasteiger partial charge on any atom is -0.368 e. The van der Waals surface area contributed by atoms with Gasteiger partial charge in [-0.3, -0.25) is 0 Å². The molecule has 0 bridgehead atoms. The number of rotatable bonds is 4. The van der Waals surface area contributed by atoms with Crippen molar-refractivity contribution in [1.82, 2.24) is 9.97 Å². The Bertz CT molecular complexity index is 546. The molecule has 5 heteroatoms. The Kier molecular flexibility index (Phi) is 2.75. The van der Waals surface area contributed by atoms with Gasteiger partial charge in [0, 0.05) is 16.2 Å². The first-order valence-electron chi connectivity index (χ1n) is 5.73. The number of nitrogens with zero attached hydrogens (tertiary/aromatic N) is 2. The highest BCUT2D eigenvalue weighted by molar-refractivity contribution is 8.00. The van der Waals surface area contributed by atoms with Crippen molar-refractivity contribution in [2.45, 2.75) is 24.5 Å². The van der Waals surface area contributed by atoms with Gasteiger partial charge in [-0.05, 0) is 32.1 Å². The maximum absolute atomic E-state index is 4.36. The molecule has 1 saturated carbocycles. The summed E-state index contributed by atoms with van der Waals surface area (Å²) in [7, 11) is 0. The van der Waals surface area contributed by atoms with Crippen LogP contribution in [-0.2, 0) is 0 Å². The van der Waals surface area contributed by atoms with E-state index in [1.165, 1.54) is 17.7 Å². The third kappa shape index (κ3) is 2.13. The number of thiophene rings is 1. The van der Waals surface area contributed by atoms with Crippen LogP contribution in [0.4, 0.5) is 5.82 Å². The Balaban J connectivity index is 1.85. The number of fused-ring (bicyclic) bond motifs is 1. The van der Waals surface area contributed by atoms with Gasteiger partial charge in [0.25, 0.3) is 0 Å². The fraction of sp³-hybridized carbons (Fsp3) is 0.500. The zero-order valence-electron chi connectivity index (χ0n) is 9.99. The zero-order chi connectivity index (χ0) is 11.9. The molecule has 3 nitrogen and oxygen atoms in total. The summed E-state index contributed by atoms with van der Waals surface area (Å²) in [5.74, 6) is 0.986. The molecule has 0 spiro atoms. The molecule has 0 amide bonds. The molecule has 17 heavy (non-hydrogen) atoms. The Morgan fingerprint density at radius 3 is 3.00 bits per heavy atom. The molecule has 0 atom stereocenters. The topological polar surface area (TPSA) is 37.8 Å². The van der Waals surface area contributed by atoms with Gasteiger partial charge in [0.15, 0.2) is 0 Å². The molecule has 0 unspecified atom stereocenters. The van der Waals surface area contributed by atoms with Crippen LogP contribution < -0.4 is 5.32 Å². The van der Waals surface area contributed by atoms with Gasteiger partial charge in [0.2, 0.25) is 0 Å². The third-order valence-electron chi connectivity index (χ3n) is 3.27. The van der Waals surface area contributed by atoms with Gasteiger partial charge in [-0.15, -0.1) is 11.3 Å². The van der Waals surface area contributed by atoms with E-state index in [1.54, 1.807) is 17.7 Å².